The summed E-state index contributed by atoms with van der Waals surface area (Å²) < 4.78 is 18.5. The fourth-order valence-electron chi connectivity index (χ4n) is 2.65. The summed E-state index contributed by atoms with van der Waals surface area (Å²) in [5.41, 5.74) is 4.94. The zero-order valence-corrected chi connectivity index (χ0v) is 11.2. The van der Waals surface area contributed by atoms with Gasteiger partial charge in [-0.3, -0.25) is 4.57 Å². The second-order valence-electron chi connectivity index (χ2n) is 5.35. The van der Waals surface area contributed by atoms with Crippen molar-refractivity contribution in [3.8, 4) is 0 Å². The average molecular weight is 283 g/mol. The Balaban J connectivity index is 1.96. The summed E-state index contributed by atoms with van der Waals surface area (Å²) in [4.78, 5) is 15.6. The molecule has 8 nitrogen and oxygen atoms in total. The fourth-order valence-corrected chi connectivity index (χ4v) is 2.65. The molecule has 3 heterocycles. The third-order valence-electron chi connectivity index (χ3n) is 3.43. The number of aliphatic hydroxyl groups excluding tert-OH is 1. The van der Waals surface area contributed by atoms with Crippen LogP contribution in [0.5, 0.6) is 0 Å². The molecule has 0 aliphatic carbocycles. The zero-order chi connectivity index (χ0) is 14.5. The minimum Gasteiger partial charge on any atom is -0.394 e. The summed E-state index contributed by atoms with van der Waals surface area (Å²) in [5, 5.41) is 9.38. The largest absolute Gasteiger partial charge is 0.394 e. The zero-order valence-electron chi connectivity index (χ0n) is 11.2. The molecule has 0 spiro atoms. The second kappa shape index (κ2) is 4.52. The van der Waals surface area contributed by atoms with E-state index in [-0.39, 0.29) is 12.4 Å². The summed E-state index contributed by atoms with van der Waals surface area (Å²) in [6.45, 7) is 3.34. The second-order valence-corrected chi connectivity index (χ2v) is 5.35. The van der Waals surface area contributed by atoms with Crippen molar-refractivity contribution in [1.82, 2.24) is 9.55 Å². The Kier molecular flexibility index (Phi) is 3.05. The molecule has 2 aliphatic rings. The predicted octanol–water partition coefficient (Wildman–Crippen LogP) is -0.765. The summed E-state index contributed by atoms with van der Waals surface area (Å²) in [6, 6.07) is 1.51. The van der Waals surface area contributed by atoms with Gasteiger partial charge >= 0.3 is 5.69 Å². The van der Waals surface area contributed by atoms with Crippen LogP contribution in [-0.2, 0) is 14.2 Å². The van der Waals surface area contributed by atoms with E-state index in [1.807, 2.05) is 0 Å². The van der Waals surface area contributed by atoms with E-state index in [0.29, 0.717) is 0 Å². The van der Waals surface area contributed by atoms with Crippen molar-refractivity contribution in [3.63, 3.8) is 0 Å². The Bertz CT molecular complexity index is 572. The molecular weight excluding hydrogens is 266 g/mol. The lowest BCUT2D eigenvalue weighted by atomic mass is 10.1. The molecule has 1 aromatic heterocycles. The van der Waals surface area contributed by atoms with Crippen LogP contribution in [0.15, 0.2) is 17.1 Å². The normalized spacial score (nSPS) is 35.1. The molecule has 0 unspecified atom stereocenters. The molecule has 0 radical (unpaired) electrons. The first kappa shape index (κ1) is 13.5. The van der Waals surface area contributed by atoms with Crippen molar-refractivity contribution in [1.29, 1.82) is 0 Å². The van der Waals surface area contributed by atoms with Gasteiger partial charge in [-0.15, -0.1) is 0 Å². The molecule has 0 amide bonds. The third kappa shape index (κ3) is 2.10. The van der Waals surface area contributed by atoms with Crippen molar-refractivity contribution in [3.05, 3.63) is 22.7 Å². The first-order valence-electron chi connectivity index (χ1n) is 6.38. The SMILES string of the molecule is CC1(C)O[C@@H]2[C@H](O1)[C@@H](n1ccc(N)nc1=O)O[C@H]2CO. The highest BCUT2D eigenvalue weighted by Crippen LogP contribution is 2.42. The molecule has 2 aliphatic heterocycles. The van der Waals surface area contributed by atoms with E-state index in [1.165, 1.54) is 16.8 Å². The Morgan fingerprint density at radius 1 is 1.45 bits per heavy atom. The first-order valence-corrected chi connectivity index (χ1v) is 6.38. The summed E-state index contributed by atoms with van der Waals surface area (Å²) >= 11 is 0. The smallest absolute Gasteiger partial charge is 0.351 e. The van der Waals surface area contributed by atoms with Crippen LogP contribution in [0, 0.1) is 0 Å². The number of nitrogen functional groups attached to an aromatic ring is 1. The van der Waals surface area contributed by atoms with Gasteiger partial charge in [-0.1, -0.05) is 0 Å². The number of aliphatic hydroxyl groups is 1. The number of nitrogens with zero attached hydrogens (tertiary/aromatic N) is 2. The summed E-state index contributed by atoms with van der Waals surface area (Å²) in [7, 11) is 0. The van der Waals surface area contributed by atoms with Crippen molar-refractivity contribution in [2.75, 3.05) is 12.3 Å². The van der Waals surface area contributed by atoms with Crippen molar-refractivity contribution in [2.24, 2.45) is 0 Å². The maximum Gasteiger partial charge on any atom is 0.351 e. The fraction of sp³-hybridized carbons (Fsp3) is 0.667. The van der Waals surface area contributed by atoms with Gasteiger partial charge in [0.15, 0.2) is 12.0 Å². The topological polar surface area (TPSA) is 109 Å². The molecule has 3 rings (SSSR count). The van der Waals surface area contributed by atoms with Crippen molar-refractivity contribution < 1.29 is 19.3 Å². The first-order chi connectivity index (χ1) is 9.41. The average Bonchev–Trinajstić information content (AvgIpc) is 2.83. The van der Waals surface area contributed by atoms with E-state index in [1.54, 1.807) is 13.8 Å². The van der Waals surface area contributed by atoms with Crippen molar-refractivity contribution >= 4 is 5.82 Å². The molecule has 3 N–H and O–H groups in total. The van der Waals surface area contributed by atoms with E-state index in [4.69, 9.17) is 19.9 Å². The van der Waals surface area contributed by atoms with Gasteiger partial charge < -0.3 is 25.1 Å². The minimum absolute atomic E-state index is 0.142. The van der Waals surface area contributed by atoms with Crippen LogP contribution in [-0.4, -0.2) is 45.4 Å². The molecule has 2 fully saturated rings. The number of hydrogen-bond acceptors (Lipinski definition) is 7. The van der Waals surface area contributed by atoms with Crippen LogP contribution in [0.25, 0.3) is 0 Å². The van der Waals surface area contributed by atoms with Crippen LogP contribution < -0.4 is 11.4 Å². The van der Waals surface area contributed by atoms with Crippen LogP contribution in [0.4, 0.5) is 5.82 Å². The molecule has 0 aromatic carbocycles. The molecule has 8 heteroatoms. The number of fused-ring (bicyclic) bond motifs is 1. The minimum atomic E-state index is -0.782. The number of hydrogen-bond donors (Lipinski definition) is 2. The number of rotatable bonds is 2. The molecular formula is C12H17N3O5. The quantitative estimate of drug-likeness (QED) is 0.734. The molecule has 110 valence electrons. The van der Waals surface area contributed by atoms with E-state index < -0.39 is 36.0 Å². The number of nitrogens with two attached hydrogens (primary N) is 1. The van der Waals surface area contributed by atoms with Gasteiger partial charge in [-0.2, -0.15) is 4.98 Å². The Morgan fingerprint density at radius 3 is 2.80 bits per heavy atom. The highest BCUT2D eigenvalue weighted by Gasteiger charge is 2.55. The Labute approximate surface area is 115 Å². The predicted molar refractivity (Wildman–Crippen MR) is 67.7 cm³/mol. The highest BCUT2D eigenvalue weighted by molar-refractivity contribution is 5.23. The van der Waals surface area contributed by atoms with E-state index in [0.717, 1.165) is 0 Å². The summed E-state index contributed by atoms with van der Waals surface area (Å²) in [6.07, 6.45) is -0.647. The molecule has 20 heavy (non-hydrogen) atoms. The van der Waals surface area contributed by atoms with Crippen LogP contribution in [0.2, 0.25) is 0 Å². The van der Waals surface area contributed by atoms with Gasteiger partial charge in [-0.25, -0.2) is 4.79 Å². The van der Waals surface area contributed by atoms with E-state index >= 15 is 0 Å². The van der Waals surface area contributed by atoms with Crippen LogP contribution >= 0.6 is 0 Å². The van der Waals surface area contributed by atoms with Crippen LogP contribution in [0.1, 0.15) is 20.1 Å². The van der Waals surface area contributed by atoms with Crippen molar-refractivity contribution in [2.45, 2.75) is 44.2 Å². The lowest BCUT2D eigenvalue weighted by Crippen LogP contribution is -2.35. The van der Waals surface area contributed by atoms with Gasteiger partial charge in [0.1, 0.15) is 24.1 Å². The Hall–Kier alpha value is -1.48. The van der Waals surface area contributed by atoms with E-state index in [9.17, 15) is 9.90 Å². The lowest BCUT2D eigenvalue weighted by Gasteiger charge is -2.24. The molecule has 0 bridgehead atoms. The van der Waals surface area contributed by atoms with Gasteiger partial charge in [0, 0.05) is 6.20 Å². The van der Waals surface area contributed by atoms with Crippen LogP contribution in [0.3, 0.4) is 0 Å². The molecule has 0 saturated carbocycles. The standard InChI is InChI=1S/C12H17N3O5/c1-12(2)19-8-6(5-16)18-10(9(8)20-12)15-4-3-7(13)14-11(15)17/h3-4,6,8-10,16H,5H2,1-2H3,(H2,13,14,17)/t6-,8-,9-,10-/m0/s1. The van der Waals surface area contributed by atoms with E-state index in [2.05, 4.69) is 4.98 Å². The monoisotopic (exact) mass is 283 g/mol. The number of aromatic nitrogens is 2. The van der Waals surface area contributed by atoms with Gasteiger partial charge in [0.25, 0.3) is 0 Å². The number of ether oxygens (including phenoxy) is 3. The molecule has 4 atom stereocenters. The lowest BCUT2D eigenvalue weighted by molar-refractivity contribution is -0.200. The molecule has 2 saturated heterocycles. The van der Waals surface area contributed by atoms with Gasteiger partial charge in [0.2, 0.25) is 0 Å². The summed E-state index contributed by atoms with van der Waals surface area (Å²) in [5.74, 6) is -0.640. The van der Waals surface area contributed by atoms with Gasteiger partial charge in [-0.05, 0) is 19.9 Å². The third-order valence-corrected chi connectivity index (χ3v) is 3.43. The maximum absolute atomic E-state index is 11.9. The highest BCUT2D eigenvalue weighted by atomic mass is 16.8. The Morgan fingerprint density at radius 2 is 2.15 bits per heavy atom. The van der Waals surface area contributed by atoms with Gasteiger partial charge in [0.05, 0.1) is 6.61 Å². The maximum atomic E-state index is 11.9. The molecule has 1 aromatic rings. The number of anilines is 1.